The van der Waals surface area contributed by atoms with E-state index in [1.807, 2.05) is 23.9 Å². The van der Waals surface area contributed by atoms with Crippen LogP contribution in [0, 0.1) is 0 Å². The Morgan fingerprint density at radius 3 is 2.00 bits per heavy atom. The Morgan fingerprint density at radius 2 is 1.48 bits per heavy atom. The first-order chi connectivity index (χ1) is 15.6. The number of nitrogens with zero attached hydrogens (tertiary/aromatic N) is 2. The number of nitrogens with one attached hydrogen (secondary N) is 1. The van der Waals surface area contributed by atoms with Crippen LogP contribution in [0.4, 0.5) is 0 Å². The average molecular weight is 523 g/mol. The molecule has 0 aliphatic rings. The van der Waals surface area contributed by atoms with E-state index >= 15 is 0 Å². The van der Waals surface area contributed by atoms with Crippen LogP contribution in [0.3, 0.4) is 0 Å². The smallest absolute Gasteiger partial charge is 0.253 e. The molecule has 2 aromatic carbocycles. The Morgan fingerprint density at radius 1 is 0.970 bits per heavy atom. The first kappa shape index (κ1) is 23.9. The number of amides is 1. The Hall–Kier alpha value is -2.28. The lowest BCUT2D eigenvalue weighted by molar-refractivity contribution is 0.0404. The van der Waals surface area contributed by atoms with Gasteiger partial charge in [0, 0.05) is 44.9 Å². The highest BCUT2D eigenvalue weighted by atomic mass is 35.5. The van der Waals surface area contributed by atoms with Crippen LogP contribution < -0.4 is 5.32 Å². The third-order valence-corrected chi connectivity index (χ3v) is 6.42. The number of pyridine rings is 1. The molecule has 0 fully saturated rings. The van der Waals surface area contributed by atoms with Crippen LogP contribution in [0.1, 0.15) is 28.4 Å². The highest BCUT2D eigenvalue weighted by Gasteiger charge is 2.40. The van der Waals surface area contributed by atoms with Crippen LogP contribution in [-0.2, 0) is 12.6 Å². The molecule has 1 atom stereocenters. The van der Waals surface area contributed by atoms with Gasteiger partial charge in [0.15, 0.2) is 0 Å². The third-order valence-electron chi connectivity index (χ3n) is 5.55. The van der Waals surface area contributed by atoms with Gasteiger partial charge in [0.25, 0.3) is 5.91 Å². The molecule has 2 N–H and O–H groups in total. The van der Waals surface area contributed by atoms with Crippen molar-refractivity contribution in [3.63, 3.8) is 0 Å². The molecule has 33 heavy (non-hydrogen) atoms. The average Bonchev–Trinajstić information content (AvgIpc) is 3.11. The first-order valence-electron chi connectivity index (χ1n) is 9.95. The highest BCUT2D eigenvalue weighted by Crippen LogP contribution is 2.38. The summed E-state index contributed by atoms with van der Waals surface area (Å²) in [6.07, 6.45) is 3.36. The number of aliphatic hydroxyl groups is 1. The molecular formula is C24H19Cl4N3O2. The van der Waals surface area contributed by atoms with Crippen molar-refractivity contribution in [3.05, 3.63) is 97.7 Å². The normalized spacial score (nSPS) is 12.7. The van der Waals surface area contributed by atoms with E-state index in [1.165, 1.54) is 6.20 Å². The molecule has 0 radical (unpaired) electrons. The monoisotopic (exact) mass is 521 g/mol. The van der Waals surface area contributed by atoms with Crippen LogP contribution in [0.5, 0.6) is 0 Å². The van der Waals surface area contributed by atoms with Crippen LogP contribution in [-0.4, -0.2) is 26.6 Å². The number of aryl methyl sites for hydroxylation is 1. The quantitative estimate of drug-likeness (QED) is 0.326. The van der Waals surface area contributed by atoms with Gasteiger partial charge in [-0.1, -0.05) is 46.4 Å². The molecule has 0 saturated carbocycles. The van der Waals surface area contributed by atoms with Gasteiger partial charge < -0.3 is 15.0 Å². The molecule has 2 aromatic heterocycles. The molecule has 2 heterocycles. The molecule has 9 heteroatoms. The topological polar surface area (TPSA) is 67.2 Å². The van der Waals surface area contributed by atoms with Gasteiger partial charge in [-0.25, -0.2) is 4.98 Å². The van der Waals surface area contributed by atoms with Crippen molar-refractivity contribution in [1.82, 2.24) is 14.9 Å². The zero-order valence-corrected chi connectivity index (χ0v) is 20.6. The van der Waals surface area contributed by atoms with Crippen LogP contribution >= 0.6 is 46.4 Å². The molecule has 4 aromatic rings. The van der Waals surface area contributed by atoms with Gasteiger partial charge in [0.2, 0.25) is 0 Å². The van der Waals surface area contributed by atoms with Crippen LogP contribution in [0.25, 0.3) is 11.0 Å². The maximum atomic E-state index is 13.1. The summed E-state index contributed by atoms with van der Waals surface area (Å²) in [6.45, 7) is 1.68. The maximum absolute atomic E-state index is 13.1. The Bertz CT molecular complexity index is 1280. The molecule has 1 amide bonds. The number of hydrogen-bond donors (Lipinski definition) is 2. The minimum atomic E-state index is -1.75. The Balaban J connectivity index is 1.76. The van der Waals surface area contributed by atoms with Gasteiger partial charge >= 0.3 is 0 Å². The summed E-state index contributed by atoms with van der Waals surface area (Å²) < 4.78 is 1.87. The SMILES string of the molecule is CC(NC(=O)c1cnc2c(ccn2C)c1)C(O)(c1cc(Cl)cc(Cl)c1)c1cc(Cl)cc(Cl)c1. The number of aromatic nitrogens is 2. The molecule has 0 bridgehead atoms. The van der Waals surface area contributed by atoms with Crippen molar-refractivity contribution in [2.75, 3.05) is 0 Å². The van der Waals surface area contributed by atoms with Crippen LogP contribution in [0.15, 0.2) is 60.9 Å². The van der Waals surface area contributed by atoms with Crippen LogP contribution in [0.2, 0.25) is 20.1 Å². The van der Waals surface area contributed by atoms with E-state index in [-0.39, 0.29) is 0 Å². The summed E-state index contributed by atoms with van der Waals surface area (Å²) in [5.41, 5.74) is 0.128. The van der Waals surface area contributed by atoms with Crippen molar-refractivity contribution in [3.8, 4) is 0 Å². The number of hydrogen-bond acceptors (Lipinski definition) is 3. The lowest BCUT2D eigenvalue weighted by Gasteiger charge is -2.36. The largest absolute Gasteiger partial charge is 0.378 e. The number of rotatable bonds is 5. The van der Waals surface area contributed by atoms with E-state index in [2.05, 4.69) is 10.3 Å². The van der Waals surface area contributed by atoms with Gasteiger partial charge in [-0.2, -0.15) is 0 Å². The fourth-order valence-corrected chi connectivity index (χ4v) is 4.93. The second-order valence-electron chi connectivity index (χ2n) is 7.84. The molecule has 5 nitrogen and oxygen atoms in total. The third kappa shape index (κ3) is 4.70. The predicted molar refractivity (Wildman–Crippen MR) is 134 cm³/mol. The molecule has 0 spiro atoms. The molecular weight excluding hydrogens is 504 g/mol. The zero-order chi connectivity index (χ0) is 23.9. The van der Waals surface area contributed by atoms with Crippen molar-refractivity contribution in [2.45, 2.75) is 18.6 Å². The summed E-state index contributed by atoms with van der Waals surface area (Å²) in [4.78, 5) is 17.5. The molecule has 170 valence electrons. The van der Waals surface area contributed by atoms with Gasteiger partial charge in [-0.3, -0.25) is 4.79 Å². The van der Waals surface area contributed by atoms with E-state index < -0.39 is 17.6 Å². The summed E-state index contributed by atoms with van der Waals surface area (Å²) in [7, 11) is 1.88. The summed E-state index contributed by atoms with van der Waals surface area (Å²) in [5, 5.41) is 17.1. The Labute approximate surface area is 210 Å². The van der Waals surface area contributed by atoms with Gasteiger partial charge in [0.05, 0.1) is 11.6 Å². The standard InChI is InChI=1S/C24H19Cl4N3O2/c1-13(30-23(32)15-5-14-3-4-31(2)22(14)29-12-15)24(33,16-6-18(25)10-19(26)7-16)17-8-20(27)11-21(28)9-17/h3-13,33H,1-2H3,(H,30,32). The number of carbonyl (C=O) groups excluding carboxylic acids is 1. The van der Waals surface area contributed by atoms with E-state index in [4.69, 9.17) is 46.4 Å². The molecule has 0 aliphatic heterocycles. The minimum absolute atomic E-state index is 0.335. The number of carbonyl (C=O) groups is 1. The van der Waals surface area contributed by atoms with Gasteiger partial charge in [-0.05, 0) is 66.6 Å². The molecule has 1 unspecified atom stereocenters. The summed E-state index contributed by atoms with van der Waals surface area (Å²) in [5.74, 6) is -0.402. The van der Waals surface area contributed by atoms with Gasteiger partial charge in [0.1, 0.15) is 11.2 Å². The second-order valence-corrected chi connectivity index (χ2v) is 9.59. The number of benzene rings is 2. The Kier molecular flexibility index (Phi) is 6.63. The fourth-order valence-electron chi connectivity index (χ4n) is 3.88. The summed E-state index contributed by atoms with van der Waals surface area (Å²) >= 11 is 24.9. The van der Waals surface area contributed by atoms with Crippen molar-refractivity contribution in [1.29, 1.82) is 0 Å². The summed E-state index contributed by atoms with van der Waals surface area (Å²) in [6, 6.07) is 12.2. The van der Waals surface area contributed by atoms with E-state index in [9.17, 15) is 9.90 Å². The lowest BCUT2D eigenvalue weighted by atomic mass is 9.80. The van der Waals surface area contributed by atoms with Crippen molar-refractivity contribution < 1.29 is 9.90 Å². The highest BCUT2D eigenvalue weighted by molar-refractivity contribution is 6.35. The maximum Gasteiger partial charge on any atom is 0.253 e. The van der Waals surface area contributed by atoms with E-state index in [0.29, 0.717) is 36.8 Å². The van der Waals surface area contributed by atoms with E-state index in [1.54, 1.807) is 49.4 Å². The number of fused-ring (bicyclic) bond motifs is 1. The van der Waals surface area contributed by atoms with Crippen molar-refractivity contribution >= 4 is 63.3 Å². The van der Waals surface area contributed by atoms with Crippen molar-refractivity contribution in [2.24, 2.45) is 7.05 Å². The predicted octanol–water partition coefficient (Wildman–Crippen LogP) is 6.24. The first-order valence-corrected chi connectivity index (χ1v) is 11.5. The van der Waals surface area contributed by atoms with E-state index in [0.717, 1.165) is 11.0 Å². The second kappa shape index (κ2) is 9.16. The zero-order valence-electron chi connectivity index (χ0n) is 17.6. The molecule has 4 rings (SSSR count). The molecule has 0 aliphatic carbocycles. The minimum Gasteiger partial charge on any atom is -0.378 e. The van der Waals surface area contributed by atoms with Gasteiger partial charge in [-0.15, -0.1) is 0 Å². The fraction of sp³-hybridized carbons (Fsp3) is 0.167. The number of halogens is 4. The lowest BCUT2D eigenvalue weighted by Crippen LogP contribution is -2.49. The molecule has 0 saturated heterocycles.